The number of nitrogens with one attached hydrogen (secondary N) is 1. The monoisotopic (exact) mass is 499 g/mol. The first-order chi connectivity index (χ1) is 18.1. The SMILES string of the molecule is CCOC(=O)N1CCC(NC(=O)c2c3c(nc4ccccc24)/C(=C/c2ccc4c(c2)OCO4)CC3)CC1. The number of carbonyl (C=O) groups is 2. The Bertz CT molecular complexity index is 1410. The molecular formula is C29H29N3O5. The number of ether oxygens (including phenoxy) is 3. The molecule has 3 aromatic rings. The lowest BCUT2D eigenvalue weighted by atomic mass is 9.98. The Kier molecular flexibility index (Phi) is 6.16. The van der Waals surface area contributed by atoms with E-state index in [0.717, 1.165) is 57.6 Å². The molecule has 3 heterocycles. The number of para-hydroxylation sites is 1. The van der Waals surface area contributed by atoms with E-state index in [2.05, 4.69) is 11.4 Å². The average molecular weight is 500 g/mol. The first-order valence-corrected chi connectivity index (χ1v) is 12.9. The van der Waals surface area contributed by atoms with Crippen LogP contribution in [0.3, 0.4) is 0 Å². The van der Waals surface area contributed by atoms with Crippen molar-refractivity contribution in [3.05, 3.63) is 64.8 Å². The molecule has 1 saturated heterocycles. The highest BCUT2D eigenvalue weighted by Crippen LogP contribution is 2.39. The second kappa shape index (κ2) is 9.76. The number of aromatic nitrogens is 1. The van der Waals surface area contributed by atoms with E-state index in [4.69, 9.17) is 19.2 Å². The quantitative estimate of drug-likeness (QED) is 0.555. The van der Waals surface area contributed by atoms with Crippen molar-refractivity contribution in [3.8, 4) is 11.5 Å². The first-order valence-electron chi connectivity index (χ1n) is 12.9. The van der Waals surface area contributed by atoms with E-state index in [9.17, 15) is 9.59 Å². The van der Waals surface area contributed by atoms with Gasteiger partial charge in [0.2, 0.25) is 6.79 Å². The minimum absolute atomic E-state index is 0.00537. The summed E-state index contributed by atoms with van der Waals surface area (Å²) in [5.41, 5.74) is 5.52. The summed E-state index contributed by atoms with van der Waals surface area (Å²) >= 11 is 0. The van der Waals surface area contributed by atoms with Crippen molar-refractivity contribution in [2.75, 3.05) is 26.5 Å². The molecule has 37 heavy (non-hydrogen) atoms. The number of likely N-dealkylation sites (tertiary alicyclic amines) is 1. The molecule has 190 valence electrons. The summed E-state index contributed by atoms with van der Waals surface area (Å²) in [4.78, 5) is 32.4. The predicted molar refractivity (Wildman–Crippen MR) is 140 cm³/mol. The highest BCUT2D eigenvalue weighted by molar-refractivity contribution is 6.09. The topological polar surface area (TPSA) is 90.0 Å². The van der Waals surface area contributed by atoms with Gasteiger partial charge in [0, 0.05) is 24.5 Å². The van der Waals surface area contributed by atoms with Crippen LogP contribution < -0.4 is 14.8 Å². The largest absolute Gasteiger partial charge is 0.454 e. The Labute approximate surface area is 215 Å². The zero-order valence-electron chi connectivity index (χ0n) is 20.8. The number of hydrogen-bond acceptors (Lipinski definition) is 6. The van der Waals surface area contributed by atoms with Gasteiger partial charge >= 0.3 is 6.09 Å². The summed E-state index contributed by atoms with van der Waals surface area (Å²) in [6.45, 7) is 3.55. The fraction of sp³-hybridized carbons (Fsp3) is 0.345. The van der Waals surface area contributed by atoms with Crippen molar-refractivity contribution in [2.24, 2.45) is 0 Å². The lowest BCUT2D eigenvalue weighted by molar-refractivity contribution is 0.0860. The minimum Gasteiger partial charge on any atom is -0.454 e. The number of piperidine rings is 1. The summed E-state index contributed by atoms with van der Waals surface area (Å²) in [5.74, 6) is 1.42. The molecule has 6 rings (SSSR count). The lowest BCUT2D eigenvalue weighted by Crippen LogP contribution is -2.46. The van der Waals surface area contributed by atoms with Crippen LogP contribution in [0.1, 0.15) is 53.4 Å². The Balaban J connectivity index is 1.28. The van der Waals surface area contributed by atoms with Crippen LogP contribution in [-0.2, 0) is 11.2 Å². The van der Waals surface area contributed by atoms with Crippen LogP contribution in [0.4, 0.5) is 4.79 Å². The van der Waals surface area contributed by atoms with E-state index in [-0.39, 0.29) is 24.8 Å². The van der Waals surface area contributed by atoms with E-state index in [1.165, 1.54) is 0 Å². The van der Waals surface area contributed by atoms with Crippen molar-refractivity contribution in [1.82, 2.24) is 15.2 Å². The summed E-state index contributed by atoms with van der Waals surface area (Å²) in [5, 5.41) is 4.11. The van der Waals surface area contributed by atoms with Gasteiger partial charge in [-0.15, -0.1) is 0 Å². The Morgan fingerprint density at radius 1 is 1.11 bits per heavy atom. The zero-order valence-corrected chi connectivity index (χ0v) is 20.8. The molecule has 3 aliphatic rings. The van der Waals surface area contributed by atoms with Gasteiger partial charge in [-0.25, -0.2) is 9.78 Å². The Morgan fingerprint density at radius 3 is 2.76 bits per heavy atom. The third-order valence-electron chi connectivity index (χ3n) is 7.26. The standard InChI is InChI=1S/C29H29N3O5/c1-2-35-29(34)32-13-11-20(12-14-32)30-28(33)26-21-5-3-4-6-23(21)31-27-19(8-9-22(26)27)15-18-7-10-24-25(16-18)37-17-36-24/h3-7,10,15-16,20H,2,8-9,11-14,17H2,1H3,(H,30,33)/b19-15+. The number of amides is 2. The molecule has 8 nitrogen and oxygen atoms in total. The van der Waals surface area contributed by atoms with Crippen molar-refractivity contribution in [3.63, 3.8) is 0 Å². The van der Waals surface area contributed by atoms with Crippen LogP contribution in [0.5, 0.6) is 11.5 Å². The Morgan fingerprint density at radius 2 is 1.92 bits per heavy atom. The molecule has 2 aromatic carbocycles. The first kappa shape index (κ1) is 23.3. The van der Waals surface area contributed by atoms with Gasteiger partial charge in [-0.05, 0) is 73.6 Å². The molecule has 1 N–H and O–H groups in total. The normalized spacial score (nSPS) is 17.8. The van der Waals surface area contributed by atoms with Gasteiger partial charge in [-0.2, -0.15) is 0 Å². The van der Waals surface area contributed by atoms with Crippen molar-refractivity contribution >= 4 is 34.6 Å². The molecule has 0 spiro atoms. The zero-order chi connectivity index (χ0) is 25.4. The number of allylic oxidation sites excluding steroid dienone is 1. The van der Waals surface area contributed by atoms with Crippen LogP contribution in [0, 0.1) is 0 Å². The second-order valence-corrected chi connectivity index (χ2v) is 9.55. The highest BCUT2D eigenvalue weighted by atomic mass is 16.7. The van der Waals surface area contributed by atoms with E-state index < -0.39 is 0 Å². The molecule has 0 atom stereocenters. The number of hydrogen-bond donors (Lipinski definition) is 1. The third-order valence-corrected chi connectivity index (χ3v) is 7.26. The van der Waals surface area contributed by atoms with Gasteiger partial charge in [0.05, 0.1) is 23.4 Å². The van der Waals surface area contributed by atoms with Gasteiger partial charge in [-0.3, -0.25) is 4.79 Å². The summed E-state index contributed by atoms with van der Waals surface area (Å²) in [6, 6.07) is 13.7. The fourth-order valence-electron chi connectivity index (χ4n) is 5.42. The molecule has 1 aliphatic carbocycles. The predicted octanol–water partition coefficient (Wildman–Crippen LogP) is 4.80. The van der Waals surface area contributed by atoms with Gasteiger partial charge < -0.3 is 24.4 Å². The van der Waals surface area contributed by atoms with Crippen molar-refractivity contribution in [2.45, 2.75) is 38.6 Å². The fourth-order valence-corrected chi connectivity index (χ4v) is 5.42. The number of pyridine rings is 1. The lowest BCUT2D eigenvalue weighted by Gasteiger charge is -2.31. The molecule has 2 aliphatic heterocycles. The smallest absolute Gasteiger partial charge is 0.409 e. The van der Waals surface area contributed by atoms with Crippen LogP contribution in [-0.4, -0.2) is 54.4 Å². The molecule has 0 saturated carbocycles. The van der Waals surface area contributed by atoms with Crippen molar-refractivity contribution < 1.29 is 23.8 Å². The molecule has 2 amide bonds. The minimum atomic E-state index is -0.285. The van der Waals surface area contributed by atoms with Crippen molar-refractivity contribution in [1.29, 1.82) is 0 Å². The van der Waals surface area contributed by atoms with E-state index >= 15 is 0 Å². The molecule has 1 aromatic heterocycles. The summed E-state index contributed by atoms with van der Waals surface area (Å²) < 4.78 is 16.1. The third kappa shape index (κ3) is 4.48. The molecule has 0 radical (unpaired) electrons. The van der Waals surface area contributed by atoms with Gasteiger partial charge in [0.25, 0.3) is 5.91 Å². The van der Waals surface area contributed by atoms with Crippen LogP contribution >= 0.6 is 0 Å². The van der Waals surface area contributed by atoms with E-state index in [0.29, 0.717) is 38.1 Å². The summed E-state index contributed by atoms with van der Waals surface area (Å²) in [7, 11) is 0. The number of fused-ring (bicyclic) bond motifs is 3. The number of benzene rings is 2. The molecular weight excluding hydrogens is 470 g/mol. The molecule has 8 heteroatoms. The molecule has 0 bridgehead atoms. The summed E-state index contributed by atoms with van der Waals surface area (Å²) in [6.07, 6.45) is 4.81. The Hall–Kier alpha value is -4.07. The van der Waals surface area contributed by atoms with Crippen LogP contribution in [0.25, 0.3) is 22.6 Å². The molecule has 1 fully saturated rings. The van der Waals surface area contributed by atoms with Crippen LogP contribution in [0.15, 0.2) is 42.5 Å². The van der Waals surface area contributed by atoms with Gasteiger partial charge in [-0.1, -0.05) is 24.3 Å². The maximum Gasteiger partial charge on any atom is 0.409 e. The number of carbonyl (C=O) groups excluding carboxylic acids is 2. The number of nitrogens with zero attached hydrogens (tertiary/aromatic N) is 2. The van der Waals surface area contributed by atoms with Gasteiger partial charge in [0.15, 0.2) is 11.5 Å². The maximum absolute atomic E-state index is 13.7. The van der Waals surface area contributed by atoms with Crippen LogP contribution in [0.2, 0.25) is 0 Å². The molecule has 0 unspecified atom stereocenters. The maximum atomic E-state index is 13.7. The van der Waals surface area contributed by atoms with E-state index in [1.807, 2.05) is 42.5 Å². The van der Waals surface area contributed by atoms with Gasteiger partial charge in [0.1, 0.15) is 0 Å². The highest BCUT2D eigenvalue weighted by Gasteiger charge is 2.30. The second-order valence-electron chi connectivity index (χ2n) is 9.55. The van der Waals surface area contributed by atoms with E-state index in [1.54, 1.807) is 11.8 Å². The number of rotatable bonds is 4. The average Bonchev–Trinajstić information content (AvgIpc) is 3.54.